The molecule has 0 aliphatic heterocycles. The molecule has 0 saturated carbocycles. The summed E-state index contributed by atoms with van der Waals surface area (Å²) in [7, 11) is 0. The van der Waals surface area contributed by atoms with E-state index in [1.165, 1.54) is 0 Å². The van der Waals surface area contributed by atoms with Gasteiger partial charge in [-0.25, -0.2) is 4.52 Å². The highest BCUT2D eigenvalue weighted by Gasteiger charge is 2.32. The molecule has 3 aromatic rings. The number of fused-ring (bicyclic) bond motifs is 2. The maximum Gasteiger partial charge on any atom is 0.251 e. The third-order valence-electron chi connectivity index (χ3n) is 4.15. The van der Waals surface area contributed by atoms with Crippen LogP contribution in [0.3, 0.4) is 0 Å². The van der Waals surface area contributed by atoms with Gasteiger partial charge in [0.25, 0.3) is 5.91 Å². The average Bonchev–Trinajstić information content (AvgIpc) is 3.11. The number of carbonyl (C=O) groups excluding carboxylic acids is 1. The molecule has 1 aliphatic rings. The summed E-state index contributed by atoms with van der Waals surface area (Å²) in [6.45, 7) is 0. The summed E-state index contributed by atoms with van der Waals surface area (Å²) in [5.74, 6) is -0.190. The van der Waals surface area contributed by atoms with Crippen LogP contribution in [0.25, 0.3) is 5.52 Å². The first-order chi connectivity index (χ1) is 10.7. The molecule has 0 fully saturated rings. The van der Waals surface area contributed by atoms with Gasteiger partial charge in [0.2, 0.25) is 0 Å². The second-order valence-electron chi connectivity index (χ2n) is 5.54. The fraction of sp³-hybridized carbons (Fsp3) is 0.176. The van der Waals surface area contributed by atoms with Crippen molar-refractivity contribution in [3.05, 3.63) is 71.5 Å². The summed E-state index contributed by atoms with van der Waals surface area (Å²) in [6.07, 6.45) is 3.43. The van der Waals surface area contributed by atoms with Crippen LogP contribution in [0.15, 0.2) is 54.9 Å². The van der Waals surface area contributed by atoms with Gasteiger partial charge in [-0.05, 0) is 29.3 Å². The molecule has 0 spiro atoms. The minimum absolute atomic E-state index is 0.190. The van der Waals surface area contributed by atoms with Crippen LogP contribution in [0, 0.1) is 0 Å². The number of benzene rings is 1. The minimum atomic E-state index is -0.583. The molecule has 2 heterocycles. The Hall–Kier alpha value is -2.66. The van der Waals surface area contributed by atoms with Crippen molar-refractivity contribution in [3.8, 4) is 0 Å². The number of hydrogen-bond donors (Lipinski definition) is 2. The van der Waals surface area contributed by atoms with Crippen molar-refractivity contribution >= 4 is 11.4 Å². The van der Waals surface area contributed by atoms with E-state index in [0.29, 0.717) is 12.0 Å². The molecule has 22 heavy (non-hydrogen) atoms. The third kappa shape index (κ3) is 2.07. The molecule has 2 atom stereocenters. The second-order valence-corrected chi connectivity index (χ2v) is 5.54. The molecule has 0 unspecified atom stereocenters. The molecule has 4 rings (SSSR count). The lowest BCUT2D eigenvalue weighted by molar-refractivity contribution is 0.0858. The molecular weight excluding hydrogens is 278 g/mol. The molecule has 1 aliphatic carbocycles. The maximum absolute atomic E-state index is 12.5. The number of carbonyl (C=O) groups is 1. The van der Waals surface area contributed by atoms with Crippen molar-refractivity contribution in [3.63, 3.8) is 0 Å². The second kappa shape index (κ2) is 4.96. The zero-order valence-electron chi connectivity index (χ0n) is 11.8. The quantitative estimate of drug-likeness (QED) is 0.756. The monoisotopic (exact) mass is 293 g/mol. The molecule has 5 heteroatoms. The Balaban J connectivity index is 1.61. The average molecular weight is 293 g/mol. The molecule has 110 valence electrons. The molecule has 0 radical (unpaired) electrons. The van der Waals surface area contributed by atoms with E-state index in [1.807, 2.05) is 30.3 Å². The number of aromatic nitrogens is 2. The van der Waals surface area contributed by atoms with Gasteiger partial charge in [0.15, 0.2) is 0 Å². The third-order valence-corrected chi connectivity index (χ3v) is 4.15. The van der Waals surface area contributed by atoms with E-state index in [1.54, 1.807) is 29.0 Å². The van der Waals surface area contributed by atoms with Gasteiger partial charge in [-0.1, -0.05) is 24.3 Å². The lowest BCUT2D eigenvalue weighted by Gasteiger charge is -2.18. The van der Waals surface area contributed by atoms with Gasteiger partial charge in [-0.3, -0.25) is 4.79 Å². The Morgan fingerprint density at radius 1 is 1.27 bits per heavy atom. The summed E-state index contributed by atoms with van der Waals surface area (Å²) in [4.78, 5) is 12.5. The predicted molar refractivity (Wildman–Crippen MR) is 81.6 cm³/mol. The number of hydrogen-bond acceptors (Lipinski definition) is 3. The van der Waals surface area contributed by atoms with Crippen molar-refractivity contribution in [2.24, 2.45) is 0 Å². The SMILES string of the molecule is O=C(N[C@H]1c2ccccc2C[C@H]1O)c1ccn2nccc2c1. The minimum Gasteiger partial charge on any atom is -0.390 e. The Morgan fingerprint density at radius 2 is 2.14 bits per heavy atom. The number of rotatable bonds is 2. The number of aliphatic hydroxyl groups is 1. The van der Waals surface area contributed by atoms with Crippen LogP contribution in [0.4, 0.5) is 0 Å². The lowest BCUT2D eigenvalue weighted by Crippen LogP contribution is -2.33. The van der Waals surface area contributed by atoms with Crippen molar-refractivity contribution in [1.82, 2.24) is 14.9 Å². The van der Waals surface area contributed by atoms with Crippen molar-refractivity contribution in [1.29, 1.82) is 0 Å². The van der Waals surface area contributed by atoms with E-state index in [2.05, 4.69) is 10.4 Å². The first-order valence-corrected chi connectivity index (χ1v) is 7.22. The molecule has 1 amide bonds. The molecule has 1 aromatic carbocycles. The van der Waals surface area contributed by atoms with Crippen LogP contribution in [-0.4, -0.2) is 26.7 Å². The highest BCUT2D eigenvalue weighted by Crippen LogP contribution is 2.31. The normalized spacial score (nSPS) is 20.0. The number of pyridine rings is 1. The molecule has 0 saturated heterocycles. The first kappa shape index (κ1) is 13.0. The van der Waals surface area contributed by atoms with Gasteiger partial charge in [-0.2, -0.15) is 5.10 Å². The lowest BCUT2D eigenvalue weighted by atomic mass is 10.1. The standard InChI is InChI=1S/C17H15N3O2/c21-15-10-11-3-1-2-4-14(11)16(15)19-17(22)12-6-8-20-13(9-12)5-7-18-20/h1-9,15-16,21H,10H2,(H,19,22)/t15-,16+/m1/s1. The van der Waals surface area contributed by atoms with Crippen LogP contribution in [0.5, 0.6) is 0 Å². The Morgan fingerprint density at radius 3 is 3.05 bits per heavy atom. The molecular formula is C17H15N3O2. The highest BCUT2D eigenvalue weighted by molar-refractivity contribution is 5.95. The number of aliphatic hydroxyl groups excluding tert-OH is 1. The predicted octanol–water partition coefficient (Wildman–Crippen LogP) is 1.72. The van der Waals surface area contributed by atoms with E-state index in [-0.39, 0.29) is 11.9 Å². The van der Waals surface area contributed by atoms with Gasteiger partial charge in [0, 0.05) is 24.4 Å². The summed E-state index contributed by atoms with van der Waals surface area (Å²) in [6, 6.07) is 12.8. The van der Waals surface area contributed by atoms with Gasteiger partial charge in [-0.15, -0.1) is 0 Å². The van der Waals surface area contributed by atoms with Gasteiger partial charge >= 0.3 is 0 Å². The van der Waals surface area contributed by atoms with E-state index >= 15 is 0 Å². The Labute approximate surface area is 127 Å². The fourth-order valence-electron chi connectivity index (χ4n) is 3.04. The van der Waals surface area contributed by atoms with Gasteiger partial charge in [0.1, 0.15) is 0 Å². The Kier molecular flexibility index (Phi) is 2.94. The number of nitrogens with one attached hydrogen (secondary N) is 1. The van der Waals surface area contributed by atoms with Crippen LogP contribution in [-0.2, 0) is 6.42 Å². The van der Waals surface area contributed by atoms with Crippen LogP contribution in [0.1, 0.15) is 27.5 Å². The number of nitrogens with zero attached hydrogens (tertiary/aromatic N) is 2. The molecule has 2 N–H and O–H groups in total. The first-order valence-electron chi connectivity index (χ1n) is 7.22. The zero-order valence-corrected chi connectivity index (χ0v) is 11.8. The van der Waals surface area contributed by atoms with Gasteiger partial charge < -0.3 is 10.4 Å². The largest absolute Gasteiger partial charge is 0.390 e. The van der Waals surface area contributed by atoms with Crippen molar-refractivity contribution in [2.45, 2.75) is 18.6 Å². The van der Waals surface area contributed by atoms with Crippen molar-refractivity contribution < 1.29 is 9.90 Å². The van der Waals surface area contributed by atoms with E-state index in [4.69, 9.17) is 0 Å². The van der Waals surface area contributed by atoms with E-state index < -0.39 is 6.10 Å². The van der Waals surface area contributed by atoms with Crippen LogP contribution < -0.4 is 5.32 Å². The van der Waals surface area contributed by atoms with Gasteiger partial charge in [0.05, 0.1) is 17.7 Å². The Bertz CT molecular complexity index is 856. The van der Waals surface area contributed by atoms with Crippen LogP contribution >= 0.6 is 0 Å². The topological polar surface area (TPSA) is 66.6 Å². The number of amides is 1. The zero-order chi connectivity index (χ0) is 15.1. The summed E-state index contributed by atoms with van der Waals surface area (Å²) in [5, 5.41) is 17.3. The highest BCUT2D eigenvalue weighted by atomic mass is 16.3. The molecule has 0 bridgehead atoms. The molecule has 5 nitrogen and oxygen atoms in total. The summed E-state index contributed by atoms with van der Waals surface area (Å²) in [5.41, 5.74) is 3.50. The van der Waals surface area contributed by atoms with E-state index in [9.17, 15) is 9.90 Å². The van der Waals surface area contributed by atoms with Crippen molar-refractivity contribution in [2.75, 3.05) is 0 Å². The smallest absolute Gasteiger partial charge is 0.251 e. The summed E-state index contributed by atoms with van der Waals surface area (Å²) >= 11 is 0. The molecule has 2 aromatic heterocycles. The van der Waals surface area contributed by atoms with Crippen LogP contribution in [0.2, 0.25) is 0 Å². The maximum atomic E-state index is 12.5. The summed E-state index contributed by atoms with van der Waals surface area (Å²) < 4.78 is 1.70. The van der Waals surface area contributed by atoms with E-state index in [0.717, 1.165) is 16.6 Å². The fourth-order valence-corrected chi connectivity index (χ4v) is 3.04.